The predicted molar refractivity (Wildman–Crippen MR) is 85.6 cm³/mol. The van der Waals surface area contributed by atoms with Gasteiger partial charge in [-0.1, -0.05) is 30.3 Å². The van der Waals surface area contributed by atoms with Crippen molar-refractivity contribution in [3.05, 3.63) is 48.0 Å². The summed E-state index contributed by atoms with van der Waals surface area (Å²) in [5, 5.41) is 3.92. The lowest BCUT2D eigenvalue weighted by molar-refractivity contribution is -0.101. The largest absolute Gasteiger partial charge is 0.370 e. The first-order valence-corrected chi connectivity index (χ1v) is 8.13. The summed E-state index contributed by atoms with van der Waals surface area (Å²) in [6.07, 6.45) is -1.15. The second-order valence-corrected chi connectivity index (χ2v) is 6.18. The van der Waals surface area contributed by atoms with Gasteiger partial charge in [-0.3, -0.25) is 4.90 Å². The molecule has 1 aromatic carbocycles. The summed E-state index contributed by atoms with van der Waals surface area (Å²) >= 11 is 0. The van der Waals surface area contributed by atoms with Crippen LogP contribution >= 0.6 is 0 Å². The molecule has 2 aromatic rings. The van der Waals surface area contributed by atoms with Gasteiger partial charge < -0.3 is 4.74 Å². The van der Waals surface area contributed by atoms with E-state index in [9.17, 15) is 8.78 Å². The quantitative estimate of drug-likeness (QED) is 0.842. The summed E-state index contributed by atoms with van der Waals surface area (Å²) in [6.45, 7) is 4.81. The van der Waals surface area contributed by atoms with Crippen LogP contribution in [0.15, 0.2) is 36.7 Å². The van der Waals surface area contributed by atoms with E-state index in [2.05, 4.69) is 41.0 Å². The van der Waals surface area contributed by atoms with E-state index in [4.69, 9.17) is 4.74 Å². The molecule has 3 atom stereocenters. The Balaban J connectivity index is 1.77. The van der Waals surface area contributed by atoms with Gasteiger partial charge in [0.2, 0.25) is 0 Å². The fourth-order valence-corrected chi connectivity index (χ4v) is 3.23. The van der Waals surface area contributed by atoms with E-state index in [1.807, 2.05) is 18.2 Å². The van der Waals surface area contributed by atoms with Crippen LogP contribution in [0, 0.1) is 0 Å². The molecule has 0 aliphatic carbocycles. The highest BCUT2D eigenvalue weighted by Gasteiger charge is 2.34. The number of halogens is 2. The van der Waals surface area contributed by atoms with E-state index in [-0.39, 0.29) is 18.2 Å². The zero-order chi connectivity index (χ0) is 17.1. The molecule has 0 radical (unpaired) electrons. The third-order valence-corrected chi connectivity index (χ3v) is 4.50. The van der Waals surface area contributed by atoms with Crippen molar-refractivity contribution in [2.24, 2.45) is 0 Å². The van der Waals surface area contributed by atoms with Crippen molar-refractivity contribution in [2.45, 2.75) is 51.6 Å². The van der Waals surface area contributed by atoms with Crippen molar-refractivity contribution < 1.29 is 13.5 Å². The maximum Gasteiger partial charge on any atom is 0.257 e. The summed E-state index contributed by atoms with van der Waals surface area (Å²) in [4.78, 5) is 6.41. The Labute approximate surface area is 140 Å². The van der Waals surface area contributed by atoms with Gasteiger partial charge in [-0.05, 0) is 19.4 Å². The topological polar surface area (TPSA) is 43.2 Å². The predicted octanol–water partition coefficient (Wildman–Crippen LogP) is 2.89. The molecule has 0 amide bonds. The highest BCUT2D eigenvalue weighted by Crippen LogP contribution is 2.31. The van der Waals surface area contributed by atoms with Crippen LogP contribution in [0.1, 0.15) is 31.3 Å². The van der Waals surface area contributed by atoms with Gasteiger partial charge in [-0.15, -0.1) is 0 Å². The SMILES string of the molecule is C[C@@H]1CO[C@H](c2ccccc2)[C@@H](C)N1Cc1ncnn1CC(F)F. The summed E-state index contributed by atoms with van der Waals surface area (Å²) in [7, 11) is 0. The maximum atomic E-state index is 12.7. The number of rotatable bonds is 5. The molecule has 0 N–H and O–H groups in total. The zero-order valence-electron chi connectivity index (χ0n) is 13.8. The number of aromatic nitrogens is 3. The molecular formula is C17H22F2N4O. The molecule has 3 rings (SSSR count). The Kier molecular flexibility index (Phi) is 5.20. The summed E-state index contributed by atoms with van der Waals surface area (Å²) in [5.41, 5.74) is 1.12. The van der Waals surface area contributed by atoms with Crippen LogP contribution in [0.25, 0.3) is 0 Å². The molecule has 1 fully saturated rings. The average molecular weight is 336 g/mol. The molecule has 0 saturated carbocycles. The van der Waals surface area contributed by atoms with E-state index in [0.29, 0.717) is 19.0 Å². The van der Waals surface area contributed by atoms with Gasteiger partial charge in [-0.25, -0.2) is 18.4 Å². The lowest BCUT2D eigenvalue weighted by Crippen LogP contribution is -2.50. The molecular weight excluding hydrogens is 314 g/mol. The summed E-state index contributed by atoms with van der Waals surface area (Å²) < 4.78 is 32.7. The van der Waals surface area contributed by atoms with Crippen molar-refractivity contribution in [3.63, 3.8) is 0 Å². The molecule has 5 nitrogen and oxygen atoms in total. The number of hydrogen-bond acceptors (Lipinski definition) is 4. The Morgan fingerprint density at radius 1 is 1.25 bits per heavy atom. The summed E-state index contributed by atoms with van der Waals surface area (Å²) in [5.74, 6) is 0.558. The molecule has 1 aliphatic rings. The molecule has 7 heteroatoms. The second-order valence-electron chi connectivity index (χ2n) is 6.18. The van der Waals surface area contributed by atoms with Crippen molar-refractivity contribution in [2.75, 3.05) is 6.61 Å². The van der Waals surface area contributed by atoms with Gasteiger partial charge in [0.1, 0.15) is 18.7 Å². The number of ether oxygens (including phenoxy) is 1. The van der Waals surface area contributed by atoms with E-state index in [1.165, 1.54) is 11.0 Å². The van der Waals surface area contributed by atoms with E-state index >= 15 is 0 Å². The Bertz CT molecular complexity index is 649. The van der Waals surface area contributed by atoms with E-state index in [0.717, 1.165) is 5.56 Å². The number of alkyl halides is 2. The highest BCUT2D eigenvalue weighted by atomic mass is 19.3. The monoisotopic (exact) mass is 336 g/mol. The Morgan fingerprint density at radius 2 is 2.00 bits per heavy atom. The van der Waals surface area contributed by atoms with Crippen LogP contribution in [0.5, 0.6) is 0 Å². The van der Waals surface area contributed by atoms with Crippen LogP contribution in [-0.2, 0) is 17.8 Å². The first-order valence-electron chi connectivity index (χ1n) is 8.13. The van der Waals surface area contributed by atoms with Gasteiger partial charge in [0.15, 0.2) is 0 Å². The minimum atomic E-state index is -2.44. The van der Waals surface area contributed by atoms with Crippen molar-refractivity contribution in [1.82, 2.24) is 19.7 Å². The average Bonchev–Trinajstić information content (AvgIpc) is 2.98. The van der Waals surface area contributed by atoms with Gasteiger partial charge in [0.05, 0.1) is 19.3 Å². The standard InChI is InChI=1S/C17H22F2N4O/c1-12-10-24-17(14-6-4-3-5-7-14)13(2)22(12)9-16-20-11-21-23(16)8-15(18)19/h3-7,11-13,15,17H,8-10H2,1-2H3/t12-,13-,17+/m1/s1. The maximum absolute atomic E-state index is 12.7. The molecule has 24 heavy (non-hydrogen) atoms. The van der Waals surface area contributed by atoms with Gasteiger partial charge in [-0.2, -0.15) is 5.10 Å². The Hall–Kier alpha value is -1.86. The Morgan fingerprint density at radius 3 is 2.71 bits per heavy atom. The number of benzene rings is 1. The molecule has 130 valence electrons. The van der Waals surface area contributed by atoms with Crippen molar-refractivity contribution in [3.8, 4) is 0 Å². The minimum Gasteiger partial charge on any atom is -0.370 e. The first-order chi connectivity index (χ1) is 11.6. The fraction of sp³-hybridized carbons (Fsp3) is 0.529. The fourth-order valence-electron chi connectivity index (χ4n) is 3.23. The molecule has 1 saturated heterocycles. The zero-order valence-corrected chi connectivity index (χ0v) is 13.8. The van der Waals surface area contributed by atoms with Gasteiger partial charge in [0.25, 0.3) is 6.43 Å². The lowest BCUT2D eigenvalue weighted by atomic mass is 9.98. The molecule has 0 unspecified atom stereocenters. The molecule has 2 heterocycles. The van der Waals surface area contributed by atoms with Crippen molar-refractivity contribution in [1.29, 1.82) is 0 Å². The molecule has 1 aromatic heterocycles. The van der Waals surface area contributed by atoms with Crippen LogP contribution < -0.4 is 0 Å². The van der Waals surface area contributed by atoms with Crippen LogP contribution in [0.3, 0.4) is 0 Å². The van der Waals surface area contributed by atoms with Crippen molar-refractivity contribution >= 4 is 0 Å². The van der Waals surface area contributed by atoms with Crippen LogP contribution in [0.4, 0.5) is 8.78 Å². The second kappa shape index (κ2) is 7.36. The number of hydrogen-bond donors (Lipinski definition) is 0. The van der Waals surface area contributed by atoms with Gasteiger partial charge in [0, 0.05) is 12.1 Å². The molecule has 1 aliphatic heterocycles. The first kappa shape index (κ1) is 17.0. The third-order valence-electron chi connectivity index (χ3n) is 4.50. The lowest BCUT2D eigenvalue weighted by Gasteiger charge is -2.43. The van der Waals surface area contributed by atoms with Crippen LogP contribution in [-0.4, -0.2) is 44.8 Å². The van der Waals surface area contributed by atoms with Crippen LogP contribution in [0.2, 0.25) is 0 Å². The third kappa shape index (κ3) is 3.62. The molecule has 0 spiro atoms. The number of morpholine rings is 1. The normalized spacial score (nSPS) is 25.3. The smallest absolute Gasteiger partial charge is 0.257 e. The molecule has 0 bridgehead atoms. The minimum absolute atomic E-state index is 0.0473. The van der Waals surface area contributed by atoms with Gasteiger partial charge >= 0.3 is 0 Å². The van der Waals surface area contributed by atoms with E-state index in [1.54, 1.807) is 0 Å². The number of nitrogens with zero attached hydrogens (tertiary/aromatic N) is 4. The van der Waals surface area contributed by atoms with E-state index < -0.39 is 13.0 Å². The highest BCUT2D eigenvalue weighted by molar-refractivity contribution is 5.19. The summed E-state index contributed by atoms with van der Waals surface area (Å²) in [6, 6.07) is 10.3.